The second kappa shape index (κ2) is 5.45. The number of fused-ring (bicyclic) bond motifs is 1. The molecule has 0 bridgehead atoms. The van der Waals surface area contributed by atoms with E-state index in [0.717, 1.165) is 31.5 Å². The van der Waals surface area contributed by atoms with Gasteiger partial charge >= 0.3 is 6.18 Å². The molecule has 0 fully saturated rings. The summed E-state index contributed by atoms with van der Waals surface area (Å²) in [7, 11) is 0. The minimum absolute atomic E-state index is 0.494. The second-order valence-electron chi connectivity index (χ2n) is 5.37. The third kappa shape index (κ3) is 3.65. The molecule has 1 aliphatic heterocycles. The Kier molecular flexibility index (Phi) is 4.08. The average molecular weight is 273 g/mol. The fourth-order valence-corrected chi connectivity index (χ4v) is 2.13. The van der Waals surface area contributed by atoms with Crippen LogP contribution in [0.4, 0.5) is 13.2 Å². The molecular formula is C13H18F3N3. The van der Waals surface area contributed by atoms with E-state index in [4.69, 9.17) is 0 Å². The van der Waals surface area contributed by atoms with Crippen LogP contribution in [0.2, 0.25) is 0 Å². The Bertz CT molecular complexity index is 443. The molecule has 0 saturated heterocycles. The van der Waals surface area contributed by atoms with Crippen LogP contribution in [0.25, 0.3) is 0 Å². The molecule has 0 N–H and O–H groups in total. The summed E-state index contributed by atoms with van der Waals surface area (Å²) in [5.74, 6) is -0.436. The van der Waals surface area contributed by atoms with E-state index in [1.54, 1.807) is 0 Å². The van der Waals surface area contributed by atoms with Crippen LogP contribution in [-0.4, -0.2) is 28.0 Å². The summed E-state index contributed by atoms with van der Waals surface area (Å²) < 4.78 is 37.7. The highest BCUT2D eigenvalue weighted by Crippen LogP contribution is 2.27. The van der Waals surface area contributed by atoms with Crippen LogP contribution in [-0.2, 0) is 19.1 Å². The number of aromatic nitrogens is 2. The zero-order valence-corrected chi connectivity index (χ0v) is 11.2. The zero-order chi connectivity index (χ0) is 14.0. The van der Waals surface area contributed by atoms with Crippen molar-refractivity contribution < 1.29 is 13.2 Å². The van der Waals surface area contributed by atoms with Crippen molar-refractivity contribution in [2.45, 2.75) is 39.4 Å². The van der Waals surface area contributed by atoms with Gasteiger partial charge in [-0.2, -0.15) is 13.2 Å². The predicted molar refractivity (Wildman–Crippen MR) is 65.5 cm³/mol. The molecule has 0 unspecified atom stereocenters. The molecule has 6 heteroatoms. The van der Waals surface area contributed by atoms with Crippen molar-refractivity contribution in [2.75, 3.05) is 13.1 Å². The Morgan fingerprint density at radius 1 is 1.37 bits per heavy atom. The van der Waals surface area contributed by atoms with Gasteiger partial charge < -0.3 is 0 Å². The van der Waals surface area contributed by atoms with E-state index < -0.39 is 12.0 Å². The van der Waals surface area contributed by atoms with Gasteiger partial charge in [0.25, 0.3) is 0 Å². The lowest BCUT2D eigenvalue weighted by Crippen LogP contribution is -2.33. The topological polar surface area (TPSA) is 29.0 Å². The van der Waals surface area contributed by atoms with Gasteiger partial charge in [0, 0.05) is 19.3 Å². The maximum atomic E-state index is 12.6. The number of hydrogen-bond donors (Lipinski definition) is 0. The van der Waals surface area contributed by atoms with Gasteiger partial charge in [0.1, 0.15) is 0 Å². The number of halogens is 3. The second-order valence-corrected chi connectivity index (χ2v) is 5.37. The maximum Gasteiger partial charge on any atom is 0.451 e. The Morgan fingerprint density at radius 3 is 2.74 bits per heavy atom. The van der Waals surface area contributed by atoms with Crippen LogP contribution in [0.1, 0.15) is 37.4 Å². The van der Waals surface area contributed by atoms with Gasteiger partial charge in [-0.3, -0.25) is 4.90 Å². The normalized spacial score (nSPS) is 16.7. The van der Waals surface area contributed by atoms with Crippen LogP contribution >= 0.6 is 0 Å². The molecule has 1 aromatic heterocycles. The summed E-state index contributed by atoms with van der Waals surface area (Å²) in [4.78, 5) is 9.25. The molecule has 0 atom stereocenters. The van der Waals surface area contributed by atoms with Gasteiger partial charge in [0.15, 0.2) is 0 Å². The standard InChI is InChI=1S/C13H18F3N3/c1-9(2)3-5-19-6-4-10-7-17-12(13(14,15)16)18-11(10)8-19/h7,9H,3-6,8H2,1-2H3. The van der Waals surface area contributed by atoms with Gasteiger partial charge in [-0.05, 0) is 30.9 Å². The summed E-state index contributed by atoms with van der Waals surface area (Å²) in [6, 6.07) is 0. The van der Waals surface area contributed by atoms with Gasteiger partial charge in [0.2, 0.25) is 5.82 Å². The number of alkyl halides is 3. The van der Waals surface area contributed by atoms with Crippen LogP contribution in [0.15, 0.2) is 6.20 Å². The van der Waals surface area contributed by atoms with E-state index in [-0.39, 0.29) is 0 Å². The summed E-state index contributed by atoms with van der Waals surface area (Å²) in [5.41, 5.74) is 1.37. The lowest BCUT2D eigenvalue weighted by molar-refractivity contribution is -0.145. The van der Waals surface area contributed by atoms with Crippen molar-refractivity contribution in [1.29, 1.82) is 0 Å². The first-order chi connectivity index (χ1) is 8.86. The first-order valence-corrected chi connectivity index (χ1v) is 6.50. The van der Waals surface area contributed by atoms with Crippen molar-refractivity contribution in [3.8, 4) is 0 Å². The van der Waals surface area contributed by atoms with Gasteiger partial charge in [-0.25, -0.2) is 9.97 Å². The van der Waals surface area contributed by atoms with Gasteiger partial charge in [0.05, 0.1) is 5.69 Å². The lowest BCUT2D eigenvalue weighted by Gasteiger charge is -2.28. The third-order valence-corrected chi connectivity index (χ3v) is 3.30. The molecule has 0 aliphatic carbocycles. The van der Waals surface area contributed by atoms with Crippen LogP contribution in [0.3, 0.4) is 0 Å². The van der Waals surface area contributed by atoms with Crippen LogP contribution < -0.4 is 0 Å². The highest BCUT2D eigenvalue weighted by molar-refractivity contribution is 5.21. The van der Waals surface area contributed by atoms with Crippen molar-refractivity contribution in [3.05, 3.63) is 23.3 Å². The highest BCUT2D eigenvalue weighted by Gasteiger charge is 2.35. The number of rotatable bonds is 3. The Hall–Kier alpha value is -1.17. The summed E-state index contributed by atoms with van der Waals surface area (Å²) in [5, 5.41) is 0. The molecule has 0 aromatic carbocycles. The third-order valence-electron chi connectivity index (χ3n) is 3.30. The Balaban J connectivity index is 2.10. The molecule has 2 rings (SSSR count). The lowest BCUT2D eigenvalue weighted by atomic mass is 10.1. The smallest absolute Gasteiger partial charge is 0.297 e. The molecule has 19 heavy (non-hydrogen) atoms. The first kappa shape index (κ1) is 14.2. The van der Waals surface area contributed by atoms with Crippen LogP contribution in [0, 0.1) is 5.92 Å². The van der Waals surface area contributed by atoms with E-state index in [1.165, 1.54) is 6.20 Å². The van der Waals surface area contributed by atoms with E-state index in [2.05, 4.69) is 28.7 Å². The zero-order valence-electron chi connectivity index (χ0n) is 11.2. The molecule has 1 aliphatic rings. The Morgan fingerprint density at radius 2 is 2.11 bits per heavy atom. The largest absolute Gasteiger partial charge is 0.451 e. The summed E-state index contributed by atoms with van der Waals surface area (Å²) in [6.07, 6.45) is -1.36. The van der Waals surface area contributed by atoms with E-state index in [9.17, 15) is 13.2 Å². The average Bonchev–Trinajstić information content (AvgIpc) is 2.34. The number of hydrogen-bond acceptors (Lipinski definition) is 3. The molecule has 2 heterocycles. The Labute approximate surface area is 110 Å². The fraction of sp³-hybridized carbons (Fsp3) is 0.692. The van der Waals surface area contributed by atoms with Gasteiger partial charge in [-0.1, -0.05) is 13.8 Å². The molecule has 0 spiro atoms. The van der Waals surface area contributed by atoms with E-state index in [1.807, 2.05) is 0 Å². The SMILES string of the molecule is CC(C)CCN1CCc2cnc(C(F)(F)F)nc2C1. The molecule has 106 valence electrons. The molecule has 0 radical (unpaired) electrons. The van der Waals surface area contributed by atoms with Crippen molar-refractivity contribution in [1.82, 2.24) is 14.9 Å². The van der Waals surface area contributed by atoms with E-state index in [0.29, 0.717) is 18.2 Å². The van der Waals surface area contributed by atoms with Gasteiger partial charge in [-0.15, -0.1) is 0 Å². The fourth-order valence-electron chi connectivity index (χ4n) is 2.13. The molecule has 0 amide bonds. The predicted octanol–water partition coefficient (Wildman–Crippen LogP) is 2.90. The van der Waals surface area contributed by atoms with Crippen molar-refractivity contribution in [2.24, 2.45) is 5.92 Å². The summed E-state index contributed by atoms with van der Waals surface area (Å²) in [6.45, 7) is 6.55. The molecule has 1 aromatic rings. The van der Waals surface area contributed by atoms with Crippen molar-refractivity contribution >= 4 is 0 Å². The summed E-state index contributed by atoms with van der Waals surface area (Å²) >= 11 is 0. The van der Waals surface area contributed by atoms with Crippen LogP contribution in [0.5, 0.6) is 0 Å². The highest BCUT2D eigenvalue weighted by atomic mass is 19.4. The quantitative estimate of drug-likeness (QED) is 0.848. The molecular weight excluding hydrogens is 255 g/mol. The molecule has 0 saturated carbocycles. The molecule has 3 nitrogen and oxygen atoms in total. The maximum absolute atomic E-state index is 12.6. The van der Waals surface area contributed by atoms with E-state index >= 15 is 0 Å². The monoisotopic (exact) mass is 273 g/mol. The minimum Gasteiger partial charge on any atom is -0.297 e. The first-order valence-electron chi connectivity index (χ1n) is 6.50. The minimum atomic E-state index is -4.46. The van der Waals surface area contributed by atoms with Crippen molar-refractivity contribution in [3.63, 3.8) is 0 Å². The number of nitrogens with zero attached hydrogens (tertiary/aromatic N) is 3.